The third-order valence-corrected chi connectivity index (χ3v) is 9.05. The number of hydrogen-bond acceptors (Lipinski definition) is 1. The average Bonchev–Trinajstić information content (AvgIpc) is 2.15. The van der Waals surface area contributed by atoms with Gasteiger partial charge < -0.3 is 4.43 Å². The molecule has 0 unspecified atom stereocenters. The minimum Gasteiger partial charge on any atom is -0.543 e. The smallest absolute Gasteiger partial charge is 0.250 e. The maximum Gasteiger partial charge on any atom is 0.250 e. The Labute approximate surface area is 122 Å². The molecule has 96 valence electrons. The lowest BCUT2D eigenvalue weighted by Gasteiger charge is -2.36. The zero-order chi connectivity index (χ0) is 13.3. The van der Waals surface area contributed by atoms with E-state index in [1.54, 1.807) is 0 Å². The molecule has 1 nitrogen and oxygen atoms in total. The Balaban J connectivity index is 2.93. The van der Waals surface area contributed by atoms with Crippen LogP contribution in [0, 0.1) is 0 Å². The predicted molar refractivity (Wildman–Crippen MR) is 84.6 cm³/mol. The van der Waals surface area contributed by atoms with Gasteiger partial charge in [-0.25, -0.2) is 0 Å². The van der Waals surface area contributed by atoms with E-state index in [0.717, 1.165) is 15.6 Å². The van der Waals surface area contributed by atoms with Gasteiger partial charge in [0.05, 0.1) is 0 Å². The maximum atomic E-state index is 6.24. The molecular formula is C13H20Br2OSi. The molecule has 0 aliphatic rings. The minimum atomic E-state index is -1.73. The number of benzene rings is 1. The second-order valence-electron chi connectivity index (χ2n) is 5.75. The fraction of sp³-hybridized carbons (Fsp3) is 0.538. The summed E-state index contributed by atoms with van der Waals surface area (Å²) in [5, 5.41) is 1.08. The van der Waals surface area contributed by atoms with Gasteiger partial charge in [0.25, 0.3) is 0 Å². The molecule has 0 aliphatic heterocycles. The lowest BCUT2D eigenvalue weighted by atomic mass is 10.2. The first-order chi connectivity index (χ1) is 7.67. The molecule has 0 aliphatic carbocycles. The Morgan fingerprint density at radius 3 is 2.24 bits per heavy atom. The van der Waals surface area contributed by atoms with Crippen LogP contribution in [0.5, 0.6) is 5.75 Å². The van der Waals surface area contributed by atoms with E-state index in [9.17, 15) is 0 Å². The zero-order valence-corrected chi connectivity index (χ0v) is 15.3. The highest BCUT2D eigenvalue weighted by Gasteiger charge is 2.38. The number of hydrogen-bond donors (Lipinski definition) is 0. The zero-order valence-electron chi connectivity index (χ0n) is 11.1. The third kappa shape index (κ3) is 3.83. The fourth-order valence-corrected chi connectivity index (χ4v) is 3.53. The van der Waals surface area contributed by atoms with Crippen LogP contribution in [0.3, 0.4) is 0 Å². The minimum absolute atomic E-state index is 0.230. The fourth-order valence-electron chi connectivity index (χ4n) is 1.15. The largest absolute Gasteiger partial charge is 0.543 e. The van der Waals surface area contributed by atoms with Crippen LogP contribution >= 0.6 is 31.9 Å². The summed E-state index contributed by atoms with van der Waals surface area (Å²) in [5.41, 5.74) is 1.24. The van der Waals surface area contributed by atoms with Gasteiger partial charge in [-0.15, -0.1) is 0 Å². The molecule has 1 aromatic rings. The topological polar surface area (TPSA) is 9.23 Å². The van der Waals surface area contributed by atoms with E-state index in [1.165, 1.54) is 5.56 Å². The predicted octanol–water partition coefficient (Wildman–Crippen LogP) is 5.73. The van der Waals surface area contributed by atoms with Crippen molar-refractivity contribution in [1.82, 2.24) is 0 Å². The molecule has 0 radical (unpaired) electrons. The first kappa shape index (κ1) is 15.3. The summed E-state index contributed by atoms with van der Waals surface area (Å²) in [5.74, 6) is 0.966. The van der Waals surface area contributed by atoms with Gasteiger partial charge in [0.1, 0.15) is 5.75 Å². The van der Waals surface area contributed by atoms with Crippen LogP contribution in [-0.4, -0.2) is 8.32 Å². The van der Waals surface area contributed by atoms with Crippen molar-refractivity contribution in [2.45, 2.75) is 44.2 Å². The van der Waals surface area contributed by atoms with Crippen molar-refractivity contribution >= 4 is 40.2 Å². The molecule has 0 amide bonds. The van der Waals surface area contributed by atoms with Gasteiger partial charge in [-0.1, -0.05) is 58.7 Å². The summed E-state index contributed by atoms with van der Waals surface area (Å²) < 4.78 is 7.34. The van der Waals surface area contributed by atoms with Crippen molar-refractivity contribution in [3.63, 3.8) is 0 Å². The summed E-state index contributed by atoms with van der Waals surface area (Å²) in [7, 11) is -1.73. The van der Waals surface area contributed by atoms with Gasteiger partial charge >= 0.3 is 0 Å². The van der Waals surface area contributed by atoms with Crippen LogP contribution in [0.2, 0.25) is 18.1 Å². The quantitative estimate of drug-likeness (QED) is 0.481. The molecule has 0 N–H and O–H groups in total. The van der Waals surface area contributed by atoms with Gasteiger partial charge in [-0.3, -0.25) is 0 Å². The Morgan fingerprint density at radius 1 is 1.24 bits per heavy atom. The van der Waals surface area contributed by atoms with Crippen LogP contribution in [0.4, 0.5) is 0 Å². The van der Waals surface area contributed by atoms with Crippen molar-refractivity contribution < 1.29 is 4.43 Å². The van der Waals surface area contributed by atoms with Crippen molar-refractivity contribution in [3.05, 3.63) is 28.2 Å². The molecule has 0 saturated carbocycles. The summed E-state index contributed by atoms with van der Waals surface area (Å²) in [4.78, 5) is 0. The van der Waals surface area contributed by atoms with E-state index in [1.807, 2.05) is 0 Å². The maximum absolute atomic E-state index is 6.24. The van der Waals surface area contributed by atoms with Crippen molar-refractivity contribution in [2.24, 2.45) is 0 Å². The summed E-state index contributed by atoms with van der Waals surface area (Å²) in [6.45, 7) is 11.3. The van der Waals surface area contributed by atoms with Crippen LogP contribution in [0.15, 0.2) is 22.7 Å². The Hall–Kier alpha value is 0.197. The Kier molecular flexibility index (Phi) is 4.89. The van der Waals surface area contributed by atoms with Gasteiger partial charge in [0.15, 0.2) is 0 Å². The highest BCUT2D eigenvalue weighted by atomic mass is 79.9. The van der Waals surface area contributed by atoms with E-state index in [-0.39, 0.29) is 5.04 Å². The average molecular weight is 380 g/mol. The highest BCUT2D eigenvalue weighted by Crippen LogP contribution is 2.38. The van der Waals surface area contributed by atoms with E-state index < -0.39 is 8.32 Å². The van der Waals surface area contributed by atoms with Crippen molar-refractivity contribution in [2.75, 3.05) is 0 Å². The van der Waals surface area contributed by atoms with Crippen LogP contribution in [0.25, 0.3) is 0 Å². The summed E-state index contributed by atoms with van der Waals surface area (Å²) >= 11 is 7.03. The Morgan fingerprint density at radius 2 is 1.82 bits per heavy atom. The molecule has 0 saturated heterocycles. The molecule has 0 heterocycles. The molecular weight excluding hydrogens is 360 g/mol. The van der Waals surface area contributed by atoms with Crippen molar-refractivity contribution in [1.29, 1.82) is 0 Å². The second-order valence-corrected chi connectivity index (χ2v) is 11.9. The van der Waals surface area contributed by atoms with Gasteiger partial charge in [-0.2, -0.15) is 0 Å². The van der Waals surface area contributed by atoms with Gasteiger partial charge in [0.2, 0.25) is 8.32 Å². The van der Waals surface area contributed by atoms with Gasteiger partial charge in [0, 0.05) is 9.80 Å². The lowest BCUT2D eigenvalue weighted by molar-refractivity contribution is 0.492. The number of alkyl halides is 1. The highest BCUT2D eigenvalue weighted by molar-refractivity contribution is 9.10. The molecule has 0 fully saturated rings. The molecule has 1 rings (SSSR count). The molecule has 0 spiro atoms. The monoisotopic (exact) mass is 378 g/mol. The second kappa shape index (κ2) is 5.45. The first-order valence-electron chi connectivity index (χ1n) is 5.71. The molecule has 17 heavy (non-hydrogen) atoms. The SMILES string of the molecule is CC(C)(C)[Si](C)(C)Oc1ccc(CBr)c(Br)c1. The van der Waals surface area contributed by atoms with Gasteiger partial charge in [-0.05, 0) is 35.8 Å². The molecule has 0 bridgehead atoms. The van der Waals surface area contributed by atoms with Crippen molar-refractivity contribution in [3.8, 4) is 5.75 Å². The number of rotatable bonds is 3. The standard InChI is InChI=1S/C13H20Br2OSi/c1-13(2,3)17(4,5)16-11-7-6-10(9-14)12(15)8-11/h6-8H,9H2,1-5H3. The third-order valence-electron chi connectivity index (χ3n) is 3.35. The van der Waals surface area contributed by atoms with Crippen LogP contribution < -0.4 is 4.43 Å². The van der Waals surface area contributed by atoms with E-state index in [2.05, 4.69) is 83.9 Å². The van der Waals surface area contributed by atoms with E-state index >= 15 is 0 Å². The van der Waals surface area contributed by atoms with Crippen LogP contribution in [0.1, 0.15) is 26.3 Å². The molecule has 0 aromatic heterocycles. The van der Waals surface area contributed by atoms with E-state index in [0.29, 0.717) is 0 Å². The van der Waals surface area contributed by atoms with E-state index in [4.69, 9.17) is 4.43 Å². The summed E-state index contributed by atoms with van der Waals surface area (Å²) in [6, 6.07) is 6.22. The number of halogens is 2. The first-order valence-corrected chi connectivity index (χ1v) is 10.5. The summed E-state index contributed by atoms with van der Waals surface area (Å²) in [6.07, 6.45) is 0. The molecule has 4 heteroatoms. The molecule has 0 atom stereocenters. The Bertz CT molecular complexity index is 397. The normalized spacial score (nSPS) is 12.6. The molecule has 1 aromatic carbocycles. The van der Waals surface area contributed by atoms with Crippen LogP contribution in [-0.2, 0) is 5.33 Å². The lowest BCUT2D eigenvalue weighted by Crippen LogP contribution is -2.43.